The van der Waals surface area contributed by atoms with Crippen molar-refractivity contribution in [3.05, 3.63) is 58.2 Å². The SMILES string of the molecule is COc1cc(C=CC2C3=CCC4C(=O)N(CCC(=O)O)C(=O)C4C3CC3=C2C(=O)C(C)=CC3=O)cc(OC)c1O. The van der Waals surface area contributed by atoms with Crippen molar-refractivity contribution in [1.29, 1.82) is 0 Å². The molecule has 1 heterocycles. The Hall–Kier alpha value is -4.47. The van der Waals surface area contributed by atoms with Gasteiger partial charge in [0.2, 0.25) is 17.6 Å². The van der Waals surface area contributed by atoms with E-state index in [-0.39, 0.29) is 54.6 Å². The van der Waals surface area contributed by atoms with Gasteiger partial charge >= 0.3 is 5.97 Å². The summed E-state index contributed by atoms with van der Waals surface area (Å²) in [5.41, 5.74) is 2.41. The standard InChI is InChI=1S/C30H29NO9/c1-14-10-21(32)20-13-19-16(6-7-18-26(19)30(38)31(29(18)37)9-8-24(33)34)17(25(20)27(14)35)5-4-15-11-22(39-2)28(36)23(12-15)40-3/h4-6,10-12,17-19,26,36H,7-9,13H2,1-3H3,(H,33,34). The van der Waals surface area contributed by atoms with Gasteiger partial charge in [-0.3, -0.25) is 28.9 Å². The van der Waals surface area contributed by atoms with E-state index < -0.39 is 41.5 Å². The van der Waals surface area contributed by atoms with Crippen LogP contribution in [0.2, 0.25) is 0 Å². The van der Waals surface area contributed by atoms with Gasteiger partial charge in [0.25, 0.3) is 0 Å². The van der Waals surface area contributed by atoms with Crippen molar-refractivity contribution in [3.63, 3.8) is 0 Å². The molecule has 0 spiro atoms. The van der Waals surface area contributed by atoms with E-state index in [0.29, 0.717) is 22.3 Å². The second-order valence-corrected chi connectivity index (χ2v) is 10.4. The molecule has 4 aliphatic rings. The van der Waals surface area contributed by atoms with Crippen LogP contribution < -0.4 is 9.47 Å². The summed E-state index contributed by atoms with van der Waals surface area (Å²) < 4.78 is 10.5. The normalized spacial score (nSPS) is 25.9. The number of amides is 2. The van der Waals surface area contributed by atoms with E-state index in [9.17, 15) is 29.1 Å². The highest BCUT2D eigenvalue weighted by Gasteiger charge is 2.55. The monoisotopic (exact) mass is 547 g/mol. The number of carboxylic acids is 1. The Morgan fingerprint density at radius 3 is 2.38 bits per heavy atom. The molecule has 3 aliphatic carbocycles. The summed E-state index contributed by atoms with van der Waals surface area (Å²) in [6.07, 6.45) is 6.79. The molecule has 1 aliphatic heterocycles. The van der Waals surface area contributed by atoms with Crippen molar-refractivity contribution in [2.75, 3.05) is 20.8 Å². The van der Waals surface area contributed by atoms with Gasteiger partial charge in [0, 0.05) is 29.2 Å². The van der Waals surface area contributed by atoms with E-state index >= 15 is 0 Å². The highest BCUT2D eigenvalue weighted by molar-refractivity contribution is 6.23. The van der Waals surface area contributed by atoms with E-state index in [4.69, 9.17) is 14.6 Å². The number of phenols is 1. The quantitative estimate of drug-likeness (QED) is 0.299. The van der Waals surface area contributed by atoms with Gasteiger partial charge in [0.05, 0.1) is 32.5 Å². The Labute approximate surface area is 230 Å². The van der Waals surface area contributed by atoms with Crippen molar-refractivity contribution in [2.24, 2.45) is 23.7 Å². The average molecular weight is 548 g/mol. The maximum atomic E-state index is 13.5. The predicted molar refractivity (Wildman–Crippen MR) is 141 cm³/mol. The van der Waals surface area contributed by atoms with Crippen molar-refractivity contribution in [2.45, 2.75) is 26.2 Å². The number of methoxy groups -OCH3 is 2. The molecule has 0 aromatic heterocycles. The number of hydrogen-bond acceptors (Lipinski definition) is 8. The number of hydrogen-bond donors (Lipinski definition) is 2. The number of nitrogens with zero attached hydrogens (tertiary/aromatic N) is 1. The van der Waals surface area contributed by atoms with Crippen molar-refractivity contribution in [1.82, 2.24) is 4.90 Å². The largest absolute Gasteiger partial charge is 0.502 e. The van der Waals surface area contributed by atoms with E-state index in [1.165, 1.54) is 20.3 Å². The van der Waals surface area contributed by atoms with Crippen LogP contribution in [-0.2, 0) is 24.0 Å². The number of aliphatic carboxylic acids is 1. The van der Waals surface area contributed by atoms with Gasteiger partial charge in [-0.25, -0.2) is 0 Å². The first-order valence-electron chi connectivity index (χ1n) is 13.0. The molecule has 40 heavy (non-hydrogen) atoms. The molecule has 1 fully saturated rings. The molecule has 2 N–H and O–H groups in total. The number of allylic oxidation sites excluding steroid dienone is 7. The van der Waals surface area contributed by atoms with Crippen molar-refractivity contribution in [3.8, 4) is 17.2 Å². The number of rotatable bonds is 7. The number of fused-ring (bicyclic) bond motifs is 3. The number of phenolic OH excluding ortho intramolecular Hbond substituents is 1. The van der Waals surface area contributed by atoms with Crippen molar-refractivity contribution >= 4 is 35.4 Å². The molecule has 0 bridgehead atoms. The van der Waals surface area contributed by atoms with E-state index in [1.54, 1.807) is 31.2 Å². The van der Waals surface area contributed by atoms with Gasteiger partial charge in [0.15, 0.2) is 23.1 Å². The van der Waals surface area contributed by atoms with E-state index in [0.717, 1.165) is 10.5 Å². The number of ether oxygens (including phenoxy) is 2. The van der Waals surface area contributed by atoms with Crippen LogP contribution in [0.1, 0.15) is 31.7 Å². The second-order valence-electron chi connectivity index (χ2n) is 10.4. The lowest BCUT2D eigenvalue weighted by Gasteiger charge is -2.41. The van der Waals surface area contributed by atoms with Gasteiger partial charge in [-0.1, -0.05) is 23.8 Å². The number of carbonyl (C=O) groups excluding carboxylic acids is 4. The molecule has 4 unspecified atom stereocenters. The van der Waals surface area contributed by atoms with Crippen LogP contribution in [0.3, 0.4) is 0 Å². The molecule has 4 atom stereocenters. The number of carbonyl (C=O) groups is 5. The minimum Gasteiger partial charge on any atom is -0.502 e. The fourth-order valence-electron chi connectivity index (χ4n) is 6.35. The van der Waals surface area contributed by atoms with Gasteiger partial charge < -0.3 is 19.7 Å². The smallest absolute Gasteiger partial charge is 0.305 e. The van der Waals surface area contributed by atoms with Gasteiger partial charge in [-0.05, 0) is 49.5 Å². The highest BCUT2D eigenvalue weighted by Crippen LogP contribution is 2.52. The Bertz CT molecular complexity index is 1450. The number of imide groups is 1. The molecule has 1 aromatic carbocycles. The highest BCUT2D eigenvalue weighted by atomic mass is 16.5. The summed E-state index contributed by atoms with van der Waals surface area (Å²) in [7, 11) is 2.82. The molecule has 0 saturated carbocycles. The lowest BCUT2D eigenvalue weighted by molar-refractivity contribution is -0.142. The molecule has 1 aromatic rings. The third-order valence-electron chi connectivity index (χ3n) is 8.24. The van der Waals surface area contributed by atoms with Crippen LogP contribution in [0, 0.1) is 23.7 Å². The predicted octanol–water partition coefficient (Wildman–Crippen LogP) is 2.86. The maximum absolute atomic E-state index is 13.5. The Morgan fingerprint density at radius 1 is 1.07 bits per heavy atom. The molecule has 0 radical (unpaired) electrons. The fourth-order valence-corrected chi connectivity index (χ4v) is 6.35. The summed E-state index contributed by atoms with van der Waals surface area (Å²) >= 11 is 0. The van der Waals surface area contributed by atoms with E-state index in [2.05, 4.69) is 0 Å². The minimum absolute atomic E-state index is 0.147. The zero-order valence-corrected chi connectivity index (χ0v) is 22.3. The van der Waals surface area contributed by atoms with Crippen LogP contribution in [-0.4, -0.2) is 65.2 Å². The van der Waals surface area contributed by atoms with Gasteiger partial charge in [0.1, 0.15) is 0 Å². The zero-order valence-electron chi connectivity index (χ0n) is 22.3. The molecule has 208 valence electrons. The molecule has 1 saturated heterocycles. The van der Waals surface area contributed by atoms with Gasteiger partial charge in [-0.15, -0.1) is 0 Å². The van der Waals surface area contributed by atoms with Gasteiger partial charge in [-0.2, -0.15) is 0 Å². The second kappa shape index (κ2) is 10.3. The van der Waals surface area contributed by atoms with Crippen LogP contribution in [0.4, 0.5) is 0 Å². The first kappa shape index (κ1) is 27.1. The zero-order chi connectivity index (χ0) is 28.9. The fraction of sp³-hybridized carbons (Fsp3) is 0.367. The maximum Gasteiger partial charge on any atom is 0.305 e. The number of carboxylic acid groups (broad SMARTS) is 1. The molecule has 2 amide bonds. The summed E-state index contributed by atoms with van der Waals surface area (Å²) in [4.78, 5) is 65.3. The Balaban J connectivity index is 1.58. The molecule has 5 rings (SSSR count). The Kier molecular flexibility index (Phi) is 6.95. The van der Waals surface area contributed by atoms with Crippen LogP contribution in [0.25, 0.3) is 6.08 Å². The summed E-state index contributed by atoms with van der Waals surface area (Å²) in [6, 6.07) is 3.21. The van der Waals surface area contributed by atoms with E-state index in [1.807, 2.05) is 6.08 Å². The number of Topliss-reactive ketones (excluding diaryl/α,β-unsaturated/α-hetero) is 1. The topological polar surface area (TPSA) is 148 Å². The molecular weight excluding hydrogens is 518 g/mol. The molecule has 10 heteroatoms. The summed E-state index contributed by atoms with van der Waals surface area (Å²) in [5, 5.41) is 19.4. The Morgan fingerprint density at radius 2 is 1.75 bits per heavy atom. The summed E-state index contributed by atoms with van der Waals surface area (Å²) in [5.74, 6) is -4.76. The van der Waals surface area contributed by atoms with Crippen LogP contribution in [0.5, 0.6) is 17.2 Å². The minimum atomic E-state index is -1.11. The first-order valence-corrected chi connectivity index (χ1v) is 13.0. The number of aromatic hydroxyl groups is 1. The summed E-state index contributed by atoms with van der Waals surface area (Å²) in [6.45, 7) is 1.39. The molecular formula is C30H29NO9. The number of likely N-dealkylation sites (tertiary alicyclic amines) is 1. The third kappa shape index (κ3) is 4.33. The first-order chi connectivity index (χ1) is 19.1. The van der Waals surface area contributed by atoms with Crippen molar-refractivity contribution < 1.29 is 43.7 Å². The third-order valence-corrected chi connectivity index (χ3v) is 8.24. The lowest BCUT2D eigenvalue weighted by atomic mass is 9.60. The van der Waals surface area contributed by atoms with Crippen LogP contribution in [0.15, 0.2) is 52.7 Å². The number of benzene rings is 1. The average Bonchev–Trinajstić information content (AvgIpc) is 3.18. The molecule has 10 nitrogen and oxygen atoms in total. The lowest BCUT2D eigenvalue weighted by Crippen LogP contribution is -2.40. The number of ketones is 2. The van der Waals surface area contributed by atoms with Crippen LogP contribution >= 0.6 is 0 Å².